The van der Waals surface area contributed by atoms with Crippen molar-refractivity contribution in [2.75, 3.05) is 25.1 Å². The Kier molecular flexibility index (Phi) is 28.5. The third-order valence-electron chi connectivity index (χ3n) is 9.06. The van der Waals surface area contributed by atoms with Crippen molar-refractivity contribution in [1.82, 2.24) is 37.2 Å². The maximum absolute atomic E-state index is 14.0. The number of carboxylic acids is 3. The van der Waals surface area contributed by atoms with Crippen LogP contribution in [0.5, 0.6) is 0 Å². The lowest BCUT2D eigenvalue weighted by atomic mass is 10.0. The number of thioether (sulfide) groups is 1. The van der Waals surface area contributed by atoms with Gasteiger partial charge < -0.3 is 81.2 Å². The van der Waals surface area contributed by atoms with Gasteiger partial charge in [0.1, 0.15) is 42.3 Å². The van der Waals surface area contributed by atoms with Crippen LogP contribution in [0.3, 0.4) is 0 Å². The SMILES string of the molecule is CSCCC(NC(=O)C(CCC(=O)O)NC(=O)C(CCC(=O)O)NC(C)=O)C(=O)NC(CCC(N)=O)C(=O)NC(CCCN=C(N)N)C(=O)NC(CCCN=C(N)N)C(=O)NC(C)C(=O)O. The molecule has 29 heteroatoms. The maximum Gasteiger partial charge on any atom is 0.325 e. The zero-order valence-electron chi connectivity index (χ0n) is 37.0. The number of aliphatic imine (C=N–C) groups is 2. The molecular weight excluding hydrogens is 897 g/mol. The molecule has 0 rings (SSSR count). The molecule has 28 nitrogen and oxygen atoms in total. The Balaban J connectivity index is 6.75. The van der Waals surface area contributed by atoms with Gasteiger partial charge in [0, 0.05) is 39.3 Å². The second kappa shape index (κ2) is 31.8. The van der Waals surface area contributed by atoms with E-state index < -0.39 is 140 Å². The van der Waals surface area contributed by atoms with Crippen molar-refractivity contribution < 1.29 is 68.1 Å². The molecule has 0 saturated heterocycles. The van der Waals surface area contributed by atoms with Gasteiger partial charge in [0.2, 0.25) is 47.3 Å². The number of nitrogens with one attached hydrogen (secondary N) is 7. The van der Waals surface area contributed by atoms with Crippen molar-refractivity contribution in [3.05, 3.63) is 0 Å². The third-order valence-corrected chi connectivity index (χ3v) is 9.71. The molecule has 372 valence electrons. The summed E-state index contributed by atoms with van der Waals surface area (Å²) in [6.45, 7) is 2.26. The van der Waals surface area contributed by atoms with Crippen LogP contribution in [-0.4, -0.2) is 160 Å². The van der Waals surface area contributed by atoms with Crippen LogP contribution in [0.4, 0.5) is 0 Å². The van der Waals surface area contributed by atoms with Gasteiger partial charge in [-0.05, 0) is 70.3 Å². The van der Waals surface area contributed by atoms with Crippen LogP contribution in [0, 0.1) is 0 Å². The average molecular weight is 961 g/mol. The largest absolute Gasteiger partial charge is 0.481 e. The number of amides is 8. The molecule has 0 aromatic heterocycles. The lowest BCUT2D eigenvalue weighted by Gasteiger charge is -2.27. The molecule has 0 aliphatic heterocycles. The van der Waals surface area contributed by atoms with Crippen LogP contribution < -0.4 is 65.9 Å². The minimum Gasteiger partial charge on any atom is -0.481 e. The molecule has 7 atom stereocenters. The highest BCUT2D eigenvalue weighted by atomic mass is 32.2. The number of nitrogens with zero attached hydrogens (tertiary/aromatic N) is 2. The van der Waals surface area contributed by atoms with Gasteiger partial charge in [0.25, 0.3) is 0 Å². The molecule has 66 heavy (non-hydrogen) atoms. The summed E-state index contributed by atoms with van der Waals surface area (Å²) in [4.78, 5) is 147. The van der Waals surface area contributed by atoms with Crippen LogP contribution in [0.2, 0.25) is 0 Å². The smallest absolute Gasteiger partial charge is 0.325 e. The van der Waals surface area contributed by atoms with Gasteiger partial charge in [-0.3, -0.25) is 62.7 Å². The van der Waals surface area contributed by atoms with E-state index in [0.717, 1.165) is 6.92 Å². The van der Waals surface area contributed by atoms with Gasteiger partial charge in [-0.25, -0.2) is 0 Å². The van der Waals surface area contributed by atoms with E-state index in [-0.39, 0.29) is 69.3 Å². The normalized spacial score (nSPS) is 13.8. The van der Waals surface area contributed by atoms with E-state index in [1.54, 1.807) is 6.26 Å². The first-order chi connectivity index (χ1) is 30.9. The first kappa shape index (κ1) is 59.1. The van der Waals surface area contributed by atoms with Gasteiger partial charge in [0.15, 0.2) is 11.9 Å². The number of nitrogens with two attached hydrogens (primary N) is 5. The predicted molar refractivity (Wildman–Crippen MR) is 237 cm³/mol. The Hall–Kier alpha value is -6.94. The van der Waals surface area contributed by atoms with Crippen molar-refractivity contribution >= 4 is 88.8 Å². The maximum atomic E-state index is 14.0. The minimum atomic E-state index is -1.63. The zero-order valence-corrected chi connectivity index (χ0v) is 37.8. The van der Waals surface area contributed by atoms with Crippen LogP contribution in [-0.2, 0) is 52.7 Å². The molecule has 7 unspecified atom stereocenters. The summed E-state index contributed by atoms with van der Waals surface area (Å²) in [7, 11) is 0. The molecule has 0 aliphatic rings. The lowest BCUT2D eigenvalue weighted by Crippen LogP contribution is -2.60. The van der Waals surface area contributed by atoms with Crippen molar-refractivity contribution in [3.63, 3.8) is 0 Å². The molecule has 0 fully saturated rings. The van der Waals surface area contributed by atoms with Gasteiger partial charge in [-0.15, -0.1) is 0 Å². The third kappa shape index (κ3) is 26.6. The summed E-state index contributed by atoms with van der Waals surface area (Å²) in [6, 6.07) is -10.4. The second-order valence-electron chi connectivity index (χ2n) is 14.7. The summed E-state index contributed by atoms with van der Waals surface area (Å²) in [5.41, 5.74) is 26.9. The lowest BCUT2D eigenvalue weighted by molar-refractivity contribution is -0.142. The van der Waals surface area contributed by atoms with E-state index in [9.17, 15) is 63.0 Å². The van der Waals surface area contributed by atoms with Crippen LogP contribution in [0.15, 0.2) is 9.98 Å². The van der Waals surface area contributed by atoms with Gasteiger partial charge in [-0.1, -0.05) is 0 Å². The summed E-state index contributed by atoms with van der Waals surface area (Å²) >= 11 is 1.25. The molecular formula is C37H64N14O14S. The number of carbonyl (C=O) groups is 11. The van der Waals surface area contributed by atoms with Crippen molar-refractivity contribution in [3.8, 4) is 0 Å². The van der Waals surface area contributed by atoms with E-state index in [1.165, 1.54) is 18.7 Å². The van der Waals surface area contributed by atoms with E-state index in [2.05, 4.69) is 47.2 Å². The Morgan fingerprint density at radius 1 is 0.485 bits per heavy atom. The fraction of sp³-hybridized carbons (Fsp3) is 0.649. The molecule has 0 aliphatic carbocycles. The Morgan fingerprint density at radius 3 is 1.11 bits per heavy atom. The molecule has 0 aromatic rings. The van der Waals surface area contributed by atoms with E-state index in [4.69, 9.17) is 33.8 Å². The van der Waals surface area contributed by atoms with Gasteiger partial charge in [-0.2, -0.15) is 11.8 Å². The number of carboxylic acid groups (broad SMARTS) is 3. The summed E-state index contributed by atoms with van der Waals surface area (Å²) in [5.74, 6) is -11.8. The molecule has 0 heterocycles. The number of hydrogen-bond acceptors (Lipinski definition) is 14. The van der Waals surface area contributed by atoms with Crippen molar-refractivity contribution in [1.29, 1.82) is 0 Å². The number of aliphatic carboxylic acids is 3. The summed E-state index contributed by atoms with van der Waals surface area (Å²) in [5, 5.41) is 44.4. The number of primary amides is 1. The monoisotopic (exact) mass is 960 g/mol. The first-order valence-electron chi connectivity index (χ1n) is 20.5. The predicted octanol–water partition coefficient (Wildman–Crippen LogP) is -5.64. The molecule has 20 N–H and O–H groups in total. The quantitative estimate of drug-likeness (QED) is 0.0162. The fourth-order valence-electron chi connectivity index (χ4n) is 5.66. The number of carbonyl (C=O) groups excluding carboxylic acids is 8. The van der Waals surface area contributed by atoms with Crippen LogP contribution >= 0.6 is 11.8 Å². The summed E-state index contributed by atoms with van der Waals surface area (Å²) < 4.78 is 0. The zero-order chi connectivity index (χ0) is 50.5. The van der Waals surface area contributed by atoms with Gasteiger partial charge in [0.05, 0.1) is 0 Å². The average Bonchev–Trinajstić information content (AvgIpc) is 3.21. The molecule has 8 amide bonds. The second-order valence-corrected chi connectivity index (χ2v) is 15.7. The summed E-state index contributed by atoms with van der Waals surface area (Å²) in [6.07, 6.45) is -1.50. The number of guanidine groups is 2. The molecule has 0 aromatic carbocycles. The highest BCUT2D eigenvalue weighted by molar-refractivity contribution is 7.98. The highest BCUT2D eigenvalue weighted by Crippen LogP contribution is 2.10. The Bertz CT molecular complexity index is 1780. The number of hydrogen-bond donors (Lipinski definition) is 15. The fourth-order valence-corrected chi connectivity index (χ4v) is 6.13. The Morgan fingerprint density at radius 2 is 0.803 bits per heavy atom. The van der Waals surface area contributed by atoms with Crippen LogP contribution in [0.1, 0.15) is 84.5 Å². The topological polar surface area (TPSA) is 487 Å². The van der Waals surface area contributed by atoms with Crippen molar-refractivity contribution in [2.24, 2.45) is 38.7 Å². The number of rotatable bonds is 34. The van der Waals surface area contributed by atoms with E-state index in [1.807, 2.05) is 0 Å². The molecule has 0 radical (unpaired) electrons. The molecule has 0 saturated carbocycles. The van der Waals surface area contributed by atoms with E-state index >= 15 is 0 Å². The minimum absolute atomic E-state index is 0.0245. The van der Waals surface area contributed by atoms with Gasteiger partial charge >= 0.3 is 17.9 Å². The first-order valence-corrected chi connectivity index (χ1v) is 21.9. The molecule has 0 spiro atoms. The van der Waals surface area contributed by atoms with E-state index in [0.29, 0.717) is 0 Å². The van der Waals surface area contributed by atoms with Crippen LogP contribution in [0.25, 0.3) is 0 Å². The molecule has 0 bridgehead atoms. The highest BCUT2D eigenvalue weighted by Gasteiger charge is 2.34. The standard InChI is InChI=1S/C37H64N14O14S/c1-18(35(64)65)45-29(58)20(6-4-15-43-36(39)40)47-30(59)21(7-5-16-44-37(41)42)48-32(61)23(8-11-26(38)53)49-34(63)25(14-17-66-3)51-33(62)24(10-13-28(56)57)50-31(60)22(46-19(2)52)9-12-27(54)55/h18,20-25H,4-17H2,1-3H3,(H2,38,53)(H,45,58)(H,46,52)(H,47,59)(H,48,61)(H,49,63)(H,50,60)(H,51,62)(H,54,55)(H,56,57)(H,64,65)(H4,39,40,43)(H4,41,42,44). The Labute approximate surface area is 383 Å². The van der Waals surface area contributed by atoms with Crippen molar-refractivity contribution in [2.45, 2.75) is 127 Å².